The Morgan fingerprint density at radius 3 is 2.71 bits per heavy atom. The summed E-state index contributed by atoms with van der Waals surface area (Å²) in [5.74, 6) is 0.737. The molecular formula is C23H27FN6O. The van der Waals surface area contributed by atoms with Crippen LogP contribution in [-0.2, 0) is 0 Å². The van der Waals surface area contributed by atoms with E-state index in [0.717, 1.165) is 24.9 Å². The average Bonchev–Trinajstić information content (AvgIpc) is 3.38. The van der Waals surface area contributed by atoms with E-state index in [9.17, 15) is 5.11 Å². The molecule has 5 rings (SSSR count). The van der Waals surface area contributed by atoms with Crippen molar-refractivity contribution in [2.24, 2.45) is 0 Å². The van der Waals surface area contributed by atoms with Gasteiger partial charge in [0.1, 0.15) is 11.9 Å². The van der Waals surface area contributed by atoms with E-state index < -0.39 is 11.7 Å². The fourth-order valence-corrected chi connectivity index (χ4v) is 5.17. The van der Waals surface area contributed by atoms with Crippen molar-refractivity contribution in [1.29, 1.82) is 0 Å². The molecule has 4 atom stereocenters. The summed E-state index contributed by atoms with van der Waals surface area (Å²) in [6.45, 7) is 4.16. The lowest BCUT2D eigenvalue weighted by atomic mass is 9.82. The molecule has 2 aliphatic heterocycles. The molecule has 0 amide bonds. The molecule has 0 spiro atoms. The highest BCUT2D eigenvalue weighted by atomic mass is 19.1. The minimum absolute atomic E-state index is 0.0492. The molecule has 2 N–H and O–H groups in total. The number of fused-ring (bicyclic) bond motifs is 2. The number of aromatic hydroxyl groups is 1. The predicted octanol–water partition coefficient (Wildman–Crippen LogP) is 3.48. The van der Waals surface area contributed by atoms with Crippen molar-refractivity contribution < 1.29 is 9.50 Å². The van der Waals surface area contributed by atoms with E-state index in [4.69, 9.17) is 0 Å². The first-order valence-corrected chi connectivity index (χ1v) is 10.6. The van der Waals surface area contributed by atoms with Gasteiger partial charge >= 0.3 is 0 Å². The Balaban J connectivity index is 1.38. The van der Waals surface area contributed by atoms with E-state index in [2.05, 4.69) is 27.4 Å². The Kier molecular flexibility index (Phi) is 4.51. The molecule has 2 saturated heterocycles. The van der Waals surface area contributed by atoms with Crippen LogP contribution in [0.3, 0.4) is 0 Å². The van der Waals surface area contributed by atoms with Crippen LogP contribution in [0.25, 0.3) is 16.9 Å². The first-order valence-electron chi connectivity index (χ1n) is 10.6. The lowest BCUT2D eigenvalue weighted by Gasteiger charge is -2.47. The molecule has 2 aliphatic rings. The maximum absolute atomic E-state index is 15.4. The second-order valence-corrected chi connectivity index (χ2v) is 9.34. The summed E-state index contributed by atoms with van der Waals surface area (Å²) in [7, 11) is 1.88. The number of hydrogen-bond acceptors (Lipinski definition) is 6. The van der Waals surface area contributed by atoms with Gasteiger partial charge in [0.25, 0.3) is 0 Å². The molecule has 31 heavy (non-hydrogen) atoms. The fourth-order valence-electron chi connectivity index (χ4n) is 5.17. The molecule has 0 saturated carbocycles. The Labute approximate surface area is 180 Å². The quantitative estimate of drug-likeness (QED) is 0.670. The van der Waals surface area contributed by atoms with E-state index in [1.54, 1.807) is 18.6 Å². The number of hydrogen-bond donors (Lipinski definition) is 2. The van der Waals surface area contributed by atoms with Crippen LogP contribution >= 0.6 is 0 Å². The van der Waals surface area contributed by atoms with E-state index in [-0.39, 0.29) is 17.3 Å². The number of nitrogens with zero attached hydrogens (tertiary/aromatic N) is 5. The lowest BCUT2D eigenvalue weighted by molar-refractivity contribution is 0.0859. The van der Waals surface area contributed by atoms with Crippen molar-refractivity contribution in [2.45, 2.75) is 56.4 Å². The summed E-state index contributed by atoms with van der Waals surface area (Å²) in [5.41, 5.74) is 1.41. The van der Waals surface area contributed by atoms with Gasteiger partial charge in [-0.1, -0.05) is 0 Å². The van der Waals surface area contributed by atoms with Crippen LogP contribution in [0.4, 0.5) is 10.2 Å². The summed E-state index contributed by atoms with van der Waals surface area (Å²) < 4.78 is 17.2. The van der Waals surface area contributed by atoms with E-state index in [0.29, 0.717) is 17.1 Å². The number of halogens is 1. The summed E-state index contributed by atoms with van der Waals surface area (Å²) >= 11 is 0. The van der Waals surface area contributed by atoms with Gasteiger partial charge in [0, 0.05) is 42.1 Å². The molecule has 2 bridgehead atoms. The molecule has 0 radical (unpaired) electrons. The first-order chi connectivity index (χ1) is 14.8. The highest BCUT2D eigenvalue weighted by Gasteiger charge is 2.56. The lowest BCUT2D eigenvalue weighted by Crippen LogP contribution is -2.65. The zero-order valence-electron chi connectivity index (χ0n) is 18.0. The van der Waals surface area contributed by atoms with Gasteiger partial charge in [0.15, 0.2) is 5.82 Å². The molecule has 4 heterocycles. The van der Waals surface area contributed by atoms with E-state index in [1.807, 2.05) is 53.9 Å². The van der Waals surface area contributed by atoms with Crippen molar-refractivity contribution in [3.63, 3.8) is 0 Å². The largest absolute Gasteiger partial charge is 0.507 e. The first kappa shape index (κ1) is 19.9. The predicted molar refractivity (Wildman–Crippen MR) is 117 cm³/mol. The molecule has 2 aromatic heterocycles. The van der Waals surface area contributed by atoms with Gasteiger partial charge in [-0.05, 0) is 57.4 Å². The molecule has 0 unspecified atom stereocenters. The van der Waals surface area contributed by atoms with Crippen molar-refractivity contribution >= 4 is 5.82 Å². The third-order valence-corrected chi connectivity index (χ3v) is 6.96. The topological polar surface area (TPSA) is 79.1 Å². The maximum atomic E-state index is 15.4. The molecule has 3 aromatic rings. The Morgan fingerprint density at radius 2 is 2.03 bits per heavy atom. The number of rotatable bonds is 4. The van der Waals surface area contributed by atoms with Gasteiger partial charge < -0.3 is 19.9 Å². The number of aromatic nitrogens is 4. The van der Waals surface area contributed by atoms with Crippen LogP contribution in [0.5, 0.6) is 5.75 Å². The van der Waals surface area contributed by atoms with Gasteiger partial charge in [-0.25, -0.2) is 9.37 Å². The molecular weight excluding hydrogens is 395 g/mol. The molecule has 2 fully saturated rings. The Morgan fingerprint density at radius 1 is 1.19 bits per heavy atom. The van der Waals surface area contributed by atoms with Crippen LogP contribution in [0.15, 0.2) is 49.1 Å². The van der Waals surface area contributed by atoms with Crippen LogP contribution in [0.2, 0.25) is 0 Å². The number of phenols is 1. The monoisotopic (exact) mass is 422 g/mol. The van der Waals surface area contributed by atoms with Gasteiger partial charge in [-0.2, -0.15) is 0 Å². The number of piperidine rings is 1. The smallest absolute Gasteiger partial charge is 0.151 e. The Bertz CT molecular complexity index is 1090. The minimum Gasteiger partial charge on any atom is -0.507 e. The number of phenolic OH excluding ortho intramolecular Hbond substituents is 1. The van der Waals surface area contributed by atoms with Crippen LogP contribution in [0, 0.1) is 0 Å². The van der Waals surface area contributed by atoms with Crippen molar-refractivity contribution in [2.75, 3.05) is 11.9 Å². The van der Waals surface area contributed by atoms with Gasteiger partial charge in [-0.15, -0.1) is 10.2 Å². The SMILES string of the molecule is CN(c1ccc(-c2ccc(-n3ccnc3)cc2O)nn1)[C@@H]1C[C@@]2(C)CC[C@](C)(N2)[C@@H]1F. The number of imidazole rings is 1. The highest BCUT2D eigenvalue weighted by Crippen LogP contribution is 2.45. The number of benzene rings is 1. The summed E-state index contributed by atoms with van der Waals surface area (Å²) in [5, 5.41) is 22.7. The van der Waals surface area contributed by atoms with Crippen molar-refractivity contribution in [3.8, 4) is 22.7 Å². The standard InChI is InChI=1S/C23H27FN6O/c1-22-8-9-23(2,28-22)21(24)18(13-22)29(3)20-7-6-17(26-27-20)16-5-4-15(12-19(16)31)30-11-10-25-14-30/h4-7,10-12,14,18,21,28,31H,8-9,13H2,1-3H3/t18-,21-,22-,23+/m1/s1. The molecule has 7 nitrogen and oxygen atoms in total. The number of anilines is 1. The zero-order valence-corrected chi connectivity index (χ0v) is 18.0. The Hall–Kier alpha value is -3.00. The van der Waals surface area contributed by atoms with Crippen LogP contribution in [-0.4, -0.2) is 55.2 Å². The van der Waals surface area contributed by atoms with Crippen molar-refractivity contribution in [1.82, 2.24) is 25.1 Å². The highest BCUT2D eigenvalue weighted by molar-refractivity contribution is 5.69. The summed E-state index contributed by atoms with van der Waals surface area (Å²) in [6, 6.07) is 8.75. The normalized spacial score (nSPS) is 29.8. The molecule has 0 aliphatic carbocycles. The molecule has 162 valence electrons. The second kappa shape index (κ2) is 7.02. The van der Waals surface area contributed by atoms with E-state index >= 15 is 4.39 Å². The number of nitrogens with one attached hydrogen (secondary N) is 1. The van der Waals surface area contributed by atoms with Crippen LogP contribution in [0.1, 0.15) is 33.1 Å². The molecule has 8 heteroatoms. The minimum atomic E-state index is -0.991. The third kappa shape index (κ3) is 3.35. The third-order valence-electron chi connectivity index (χ3n) is 6.96. The zero-order chi connectivity index (χ0) is 21.8. The summed E-state index contributed by atoms with van der Waals surface area (Å²) in [6.07, 6.45) is 6.72. The second-order valence-electron chi connectivity index (χ2n) is 9.34. The average molecular weight is 423 g/mol. The van der Waals surface area contributed by atoms with Gasteiger partial charge in [0.2, 0.25) is 0 Å². The molecule has 1 aromatic carbocycles. The van der Waals surface area contributed by atoms with Crippen LogP contribution < -0.4 is 10.2 Å². The van der Waals surface area contributed by atoms with Crippen molar-refractivity contribution in [3.05, 3.63) is 49.1 Å². The fraction of sp³-hybridized carbons (Fsp3) is 0.435. The van der Waals surface area contributed by atoms with Gasteiger partial charge in [-0.3, -0.25) is 0 Å². The number of alkyl halides is 1. The van der Waals surface area contributed by atoms with E-state index in [1.165, 1.54) is 0 Å². The summed E-state index contributed by atoms with van der Waals surface area (Å²) in [4.78, 5) is 5.93. The van der Waals surface area contributed by atoms with Gasteiger partial charge in [0.05, 0.1) is 23.8 Å². The maximum Gasteiger partial charge on any atom is 0.151 e.